The van der Waals surface area contributed by atoms with Gasteiger partial charge in [0, 0.05) is 5.56 Å². The monoisotopic (exact) mass is 416 g/mol. The summed E-state index contributed by atoms with van der Waals surface area (Å²) in [4.78, 5) is 37.8. The minimum absolute atomic E-state index is 0.0672. The van der Waals surface area contributed by atoms with Crippen LogP contribution in [0.5, 0.6) is 0 Å². The van der Waals surface area contributed by atoms with Crippen molar-refractivity contribution in [1.29, 1.82) is 0 Å². The van der Waals surface area contributed by atoms with Crippen LogP contribution in [0.1, 0.15) is 58.7 Å². The molecule has 5 heteroatoms. The highest BCUT2D eigenvalue weighted by Gasteiger charge is 2.29. The van der Waals surface area contributed by atoms with Gasteiger partial charge in [-0.3, -0.25) is 0 Å². The number of hydrogen-bond donors (Lipinski definition) is 0. The number of esters is 3. The lowest BCUT2D eigenvalue weighted by Gasteiger charge is -2.19. The van der Waals surface area contributed by atoms with E-state index in [1.165, 1.54) is 0 Å². The third-order valence-electron chi connectivity index (χ3n) is 4.73. The number of hydrogen-bond acceptors (Lipinski definition) is 5. The zero-order valence-electron chi connectivity index (χ0n) is 17.7. The quantitative estimate of drug-likeness (QED) is 0.419. The molecule has 0 fully saturated rings. The van der Waals surface area contributed by atoms with Gasteiger partial charge in [-0.15, -0.1) is 0 Å². The van der Waals surface area contributed by atoms with Crippen molar-refractivity contribution in [1.82, 2.24) is 0 Å². The summed E-state index contributed by atoms with van der Waals surface area (Å²) in [6.45, 7) is 6.19. The predicted octanol–water partition coefficient (Wildman–Crippen LogP) is 5.27. The van der Waals surface area contributed by atoms with Crippen LogP contribution >= 0.6 is 0 Å². The van der Waals surface area contributed by atoms with Crippen LogP contribution in [0.25, 0.3) is 0 Å². The van der Waals surface area contributed by atoms with Crippen molar-refractivity contribution in [3.8, 4) is 0 Å². The summed E-state index contributed by atoms with van der Waals surface area (Å²) in [6, 6.07) is 23.6. The molecule has 0 N–H and O–H groups in total. The minimum atomic E-state index is -1.37. The molecular weight excluding hydrogens is 392 g/mol. The minimum Gasteiger partial charge on any atom is -0.442 e. The Kier molecular flexibility index (Phi) is 6.65. The van der Waals surface area contributed by atoms with Crippen LogP contribution in [0.3, 0.4) is 0 Å². The Hall–Kier alpha value is -3.73. The highest BCUT2D eigenvalue weighted by atomic mass is 16.6. The lowest BCUT2D eigenvalue weighted by Crippen LogP contribution is -2.24. The smallest absolute Gasteiger partial charge is 0.360 e. The lowest BCUT2D eigenvalue weighted by atomic mass is 9.87. The molecule has 1 atom stereocenters. The van der Waals surface area contributed by atoms with Crippen molar-refractivity contribution in [3.05, 3.63) is 107 Å². The van der Waals surface area contributed by atoms with Gasteiger partial charge >= 0.3 is 17.9 Å². The molecule has 3 rings (SSSR count). The first-order valence-corrected chi connectivity index (χ1v) is 9.93. The molecular formula is C26H24O5. The van der Waals surface area contributed by atoms with E-state index in [0.717, 1.165) is 5.56 Å². The van der Waals surface area contributed by atoms with Gasteiger partial charge in [0.2, 0.25) is 6.10 Å². The van der Waals surface area contributed by atoms with Gasteiger partial charge in [0.25, 0.3) is 0 Å². The zero-order valence-corrected chi connectivity index (χ0v) is 17.7. The van der Waals surface area contributed by atoms with Crippen molar-refractivity contribution in [2.24, 2.45) is 0 Å². The van der Waals surface area contributed by atoms with E-state index in [-0.39, 0.29) is 11.0 Å². The van der Waals surface area contributed by atoms with Crippen LogP contribution in [-0.4, -0.2) is 17.9 Å². The Morgan fingerprint density at radius 3 is 1.74 bits per heavy atom. The largest absolute Gasteiger partial charge is 0.442 e. The predicted molar refractivity (Wildman–Crippen MR) is 117 cm³/mol. The second-order valence-corrected chi connectivity index (χ2v) is 8.10. The normalized spacial score (nSPS) is 12.0. The Morgan fingerprint density at radius 1 is 0.677 bits per heavy atom. The van der Waals surface area contributed by atoms with Gasteiger partial charge in [-0.1, -0.05) is 81.4 Å². The van der Waals surface area contributed by atoms with E-state index in [1.807, 2.05) is 12.1 Å². The molecule has 0 aromatic heterocycles. The molecule has 0 saturated heterocycles. The first-order chi connectivity index (χ1) is 14.8. The average molecular weight is 416 g/mol. The molecule has 1 unspecified atom stereocenters. The van der Waals surface area contributed by atoms with Crippen LogP contribution in [0.15, 0.2) is 84.9 Å². The maximum Gasteiger partial charge on any atom is 0.360 e. The highest BCUT2D eigenvalue weighted by Crippen LogP contribution is 2.24. The molecule has 3 aromatic carbocycles. The molecule has 5 nitrogen and oxygen atoms in total. The van der Waals surface area contributed by atoms with Crippen LogP contribution in [0.4, 0.5) is 0 Å². The highest BCUT2D eigenvalue weighted by molar-refractivity contribution is 5.99. The standard InChI is InChI=1S/C26H24O5/c1-26(2,3)21-16-14-20(15-17-21)24(28)31-25(29)22(18-10-6-4-7-11-18)30-23(27)19-12-8-5-9-13-19/h4-17,22H,1-3H3. The Labute approximate surface area is 181 Å². The molecule has 0 amide bonds. The summed E-state index contributed by atoms with van der Waals surface area (Å²) in [5.74, 6) is -2.45. The van der Waals surface area contributed by atoms with Crippen LogP contribution in [0.2, 0.25) is 0 Å². The molecule has 0 aliphatic heterocycles. The second-order valence-electron chi connectivity index (χ2n) is 8.10. The summed E-state index contributed by atoms with van der Waals surface area (Å²) >= 11 is 0. The van der Waals surface area contributed by atoms with Gasteiger partial charge < -0.3 is 9.47 Å². The fourth-order valence-corrected chi connectivity index (χ4v) is 2.94. The molecule has 0 aliphatic rings. The lowest BCUT2D eigenvalue weighted by molar-refractivity contribution is -0.148. The third kappa shape index (κ3) is 5.66. The third-order valence-corrected chi connectivity index (χ3v) is 4.73. The van der Waals surface area contributed by atoms with Gasteiger partial charge in [-0.05, 0) is 35.2 Å². The van der Waals surface area contributed by atoms with Crippen molar-refractivity contribution < 1.29 is 23.9 Å². The number of benzene rings is 3. The van der Waals surface area contributed by atoms with E-state index in [2.05, 4.69) is 20.8 Å². The number of carbonyl (C=O) groups excluding carboxylic acids is 3. The molecule has 158 valence electrons. The summed E-state index contributed by atoms with van der Waals surface area (Å²) in [6.07, 6.45) is -1.37. The molecule has 0 radical (unpaired) electrons. The van der Waals surface area contributed by atoms with Crippen LogP contribution in [0, 0.1) is 0 Å². The maximum atomic E-state index is 12.8. The molecule has 0 heterocycles. The van der Waals surface area contributed by atoms with Gasteiger partial charge in [0.05, 0.1) is 11.1 Å². The molecule has 3 aromatic rings. The molecule has 0 aliphatic carbocycles. The van der Waals surface area contributed by atoms with Crippen molar-refractivity contribution in [2.45, 2.75) is 32.3 Å². The van der Waals surface area contributed by atoms with Crippen LogP contribution < -0.4 is 0 Å². The van der Waals surface area contributed by atoms with Gasteiger partial charge in [0.15, 0.2) is 0 Å². The van der Waals surface area contributed by atoms with Gasteiger partial charge in [0.1, 0.15) is 0 Å². The summed E-state index contributed by atoms with van der Waals surface area (Å²) in [5.41, 5.74) is 1.92. The van der Waals surface area contributed by atoms with E-state index >= 15 is 0 Å². The van der Waals surface area contributed by atoms with E-state index in [0.29, 0.717) is 11.1 Å². The molecule has 31 heavy (non-hydrogen) atoms. The van der Waals surface area contributed by atoms with Crippen LogP contribution in [-0.2, 0) is 19.7 Å². The van der Waals surface area contributed by atoms with E-state index < -0.39 is 24.0 Å². The van der Waals surface area contributed by atoms with E-state index in [4.69, 9.17) is 9.47 Å². The fourth-order valence-electron chi connectivity index (χ4n) is 2.94. The van der Waals surface area contributed by atoms with Crippen molar-refractivity contribution >= 4 is 17.9 Å². The van der Waals surface area contributed by atoms with E-state index in [1.54, 1.807) is 72.8 Å². The van der Waals surface area contributed by atoms with Gasteiger partial charge in [-0.25, -0.2) is 14.4 Å². The number of ether oxygens (including phenoxy) is 2. The number of rotatable bonds is 5. The van der Waals surface area contributed by atoms with Gasteiger partial charge in [-0.2, -0.15) is 0 Å². The zero-order chi connectivity index (χ0) is 22.4. The number of carbonyl (C=O) groups is 3. The summed E-state index contributed by atoms with van der Waals surface area (Å²) in [5, 5.41) is 0. The Morgan fingerprint density at radius 2 is 1.19 bits per heavy atom. The summed E-state index contributed by atoms with van der Waals surface area (Å²) < 4.78 is 10.5. The topological polar surface area (TPSA) is 69.7 Å². The fraction of sp³-hybridized carbons (Fsp3) is 0.192. The van der Waals surface area contributed by atoms with Crippen molar-refractivity contribution in [3.63, 3.8) is 0 Å². The molecule has 0 spiro atoms. The average Bonchev–Trinajstić information content (AvgIpc) is 2.78. The Bertz CT molecular complexity index is 1050. The first-order valence-electron chi connectivity index (χ1n) is 9.93. The first kappa shape index (κ1) is 22.0. The SMILES string of the molecule is CC(C)(C)c1ccc(C(=O)OC(=O)C(OC(=O)c2ccccc2)c2ccccc2)cc1. The molecule has 0 bridgehead atoms. The Balaban J connectivity index is 1.78. The maximum absolute atomic E-state index is 12.8. The second kappa shape index (κ2) is 9.39. The summed E-state index contributed by atoms with van der Waals surface area (Å²) in [7, 11) is 0. The molecule has 0 saturated carbocycles. The van der Waals surface area contributed by atoms with Crippen molar-refractivity contribution in [2.75, 3.05) is 0 Å². The van der Waals surface area contributed by atoms with E-state index in [9.17, 15) is 14.4 Å².